The summed E-state index contributed by atoms with van der Waals surface area (Å²) in [5.41, 5.74) is 1.11. The third-order valence-electron chi connectivity index (χ3n) is 2.23. The Kier molecular flexibility index (Phi) is 4.12. The molecule has 2 N–H and O–H groups in total. The van der Waals surface area contributed by atoms with Crippen molar-refractivity contribution < 1.29 is 14.3 Å². The molecule has 0 aliphatic heterocycles. The van der Waals surface area contributed by atoms with Crippen molar-refractivity contribution in [3.05, 3.63) is 60.7 Å². The summed E-state index contributed by atoms with van der Waals surface area (Å²) in [5, 5.41) is 4.87. The fourth-order valence-corrected chi connectivity index (χ4v) is 1.41. The standard InChI is InChI=1S/C14H12N2O3/c17-13(15-11-7-3-1-4-8-11)19-14(18)16-12-9-5-2-6-10-12/h1-10H,(H,15,17)(H,16,18). The molecule has 96 valence electrons. The van der Waals surface area contributed by atoms with E-state index in [-0.39, 0.29) is 0 Å². The fraction of sp³-hybridized carbons (Fsp3) is 0. The van der Waals surface area contributed by atoms with E-state index in [2.05, 4.69) is 15.4 Å². The van der Waals surface area contributed by atoms with Crippen LogP contribution < -0.4 is 10.6 Å². The normalized spacial score (nSPS) is 9.47. The second kappa shape index (κ2) is 6.20. The van der Waals surface area contributed by atoms with E-state index in [1.807, 2.05) is 12.1 Å². The van der Waals surface area contributed by atoms with Gasteiger partial charge in [0.1, 0.15) is 0 Å². The number of para-hydroxylation sites is 2. The molecule has 0 heterocycles. The average molecular weight is 256 g/mol. The maximum atomic E-state index is 11.4. The third kappa shape index (κ3) is 4.16. The van der Waals surface area contributed by atoms with E-state index in [1.54, 1.807) is 48.5 Å². The van der Waals surface area contributed by atoms with Gasteiger partial charge in [-0.05, 0) is 24.3 Å². The van der Waals surface area contributed by atoms with E-state index in [1.165, 1.54) is 0 Å². The molecule has 0 saturated carbocycles. The highest BCUT2D eigenvalue weighted by molar-refractivity contribution is 5.97. The monoisotopic (exact) mass is 256 g/mol. The molecule has 0 bridgehead atoms. The molecule has 0 radical (unpaired) electrons. The number of benzene rings is 2. The summed E-state index contributed by atoms with van der Waals surface area (Å²) in [6, 6.07) is 17.5. The lowest BCUT2D eigenvalue weighted by atomic mass is 10.3. The number of carbonyl (C=O) groups excluding carboxylic acids is 2. The molecule has 2 aromatic carbocycles. The lowest BCUT2D eigenvalue weighted by molar-refractivity contribution is 0.170. The molecule has 2 aromatic rings. The van der Waals surface area contributed by atoms with Crippen LogP contribution in [0.5, 0.6) is 0 Å². The van der Waals surface area contributed by atoms with E-state index >= 15 is 0 Å². The molecule has 0 spiro atoms. The number of rotatable bonds is 2. The van der Waals surface area contributed by atoms with Crippen LogP contribution in [0, 0.1) is 0 Å². The molecule has 0 atom stereocenters. The predicted octanol–water partition coefficient (Wildman–Crippen LogP) is 3.47. The van der Waals surface area contributed by atoms with Crippen molar-refractivity contribution in [1.82, 2.24) is 0 Å². The van der Waals surface area contributed by atoms with Crippen molar-refractivity contribution in [2.45, 2.75) is 0 Å². The highest BCUT2D eigenvalue weighted by Gasteiger charge is 2.10. The zero-order chi connectivity index (χ0) is 13.5. The lowest BCUT2D eigenvalue weighted by Gasteiger charge is -2.06. The van der Waals surface area contributed by atoms with E-state index in [0.717, 1.165) is 0 Å². The van der Waals surface area contributed by atoms with Crippen LogP contribution in [0.15, 0.2) is 60.7 Å². The number of anilines is 2. The molecule has 0 aliphatic rings. The highest BCUT2D eigenvalue weighted by atomic mass is 16.6. The number of ether oxygens (including phenoxy) is 1. The molecule has 5 nitrogen and oxygen atoms in total. The highest BCUT2D eigenvalue weighted by Crippen LogP contribution is 2.07. The summed E-state index contributed by atoms with van der Waals surface area (Å²) in [4.78, 5) is 22.8. The lowest BCUT2D eigenvalue weighted by Crippen LogP contribution is -2.22. The molecule has 19 heavy (non-hydrogen) atoms. The molecule has 0 saturated heterocycles. The zero-order valence-corrected chi connectivity index (χ0v) is 10.00. The fourth-order valence-electron chi connectivity index (χ4n) is 1.41. The van der Waals surface area contributed by atoms with Gasteiger partial charge in [0, 0.05) is 11.4 Å². The first-order valence-electron chi connectivity index (χ1n) is 5.64. The Hall–Kier alpha value is -2.82. The van der Waals surface area contributed by atoms with Gasteiger partial charge in [-0.2, -0.15) is 0 Å². The van der Waals surface area contributed by atoms with Crippen LogP contribution in [0.25, 0.3) is 0 Å². The molecule has 2 amide bonds. The van der Waals surface area contributed by atoms with Gasteiger partial charge in [-0.25, -0.2) is 9.59 Å². The maximum absolute atomic E-state index is 11.4. The minimum atomic E-state index is -0.834. The van der Waals surface area contributed by atoms with E-state index in [0.29, 0.717) is 11.4 Å². The summed E-state index contributed by atoms with van der Waals surface area (Å²) in [6.45, 7) is 0. The van der Waals surface area contributed by atoms with Crippen LogP contribution in [-0.4, -0.2) is 12.2 Å². The number of nitrogens with one attached hydrogen (secondary N) is 2. The molecular formula is C14H12N2O3. The van der Waals surface area contributed by atoms with Crippen LogP contribution in [0.3, 0.4) is 0 Å². The smallest absolute Gasteiger partial charge is 0.359 e. The largest absolute Gasteiger partial charge is 0.420 e. The van der Waals surface area contributed by atoms with Crippen molar-refractivity contribution in [1.29, 1.82) is 0 Å². The van der Waals surface area contributed by atoms with E-state index in [4.69, 9.17) is 0 Å². The van der Waals surface area contributed by atoms with Gasteiger partial charge in [-0.3, -0.25) is 10.6 Å². The van der Waals surface area contributed by atoms with Crippen LogP contribution in [0.1, 0.15) is 0 Å². The summed E-state index contributed by atoms with van der Waals surface area (Å²) in [7, 11) is 0. The maximum Gasteiger partial charge on any atom is 0.420 e. The summed E-state index contributed by atoms with van der Waals surface area (Å²) in [5.74, 6) is 0. The minimum absolute atomic E-state index is 0.556. The summed E-state index contributed by atoms with van der Waals surface area (Å²) < 4.78 is 4.56. The molecule has 5 heteroatoms. The Morgan fingerprint density at radius 2 is 1.05 bits per heavy atom. The van der Waals surface area contributed by atoms with E-state index in [9.17, 15) is 9.59 Å². The minimum Gasteiger partial charge on any atom is -0.359 e. The first-order valence-corrected chi connectivity index (χ1v) is 5.64. The Morgan fingerprint density at radius 3 is 1.42 bits per heavy atom. The van der Waals surface area contributed by atoms with Gasteiger partial charge in [0.2, 0.25) is 0 Å². The SMILES string of the molecule is O=C(Nc1ccccc1)OC(=O)Nc1ccccc1. The molecule has 2 rings (SSSR count). The second-order valence-electron chi connectivity index (χ2n) is 3.66. The molecule has 0 aromatic heterocycles. The van der Waals surface area contributed by atoms with Crippen LogP contribution in [0.2, 0.25) is 0 Å². The van der Waals surface area contributed by atoms with Crippen LogP contribution >= 0.6 is 0 Å². The second-order valence-corrected chi connectivity index (χ2v) is 3.66. The summed E-state index contributed by atoms with van der Waals surface area (Å²) in [6.07, 6.45) is -1.67. The van der Waals surface area contributed by atoms with Crippen molar-refractivity contribution in [3.63, 3.8) is 0 Å². The predicted molar refractivity (Wildman–Crippen MR) is 72.0 cm³/mol. The summed E-state index contributed by atoms with van der Waals surface area (Å²) >= 11 is 0. The van der Waals surface area contributed by atoms with Gasteiger partial charge >= 0.3 is 12.2 Å². The van der Waals surface area contributed by atoms with Crippen molar-refractivity contribution >= 4 is 23.6 Å². The average Bonchev–Trinajstić information content (AvgIpc) is 2.40. The van der Waals surface area contributed by atoms with Gasteiger partial charge in [0.15, 0.2) is 0 Å². The van der Waals surface area contributed by atoms with Crippen molar-refractivity contribution in [3.8, 4) is 0 Å². The van der Waals surface area contributed by atoms with Crippen LogP contribution in [0.4, 0.5) is 21.0 Å². The zero-order valence-electron chi connectivity index (χ0n) is 10.00. The van der Waals surface area contributed by atoms with E-state index < -0.39 is 12.2 Å². The van der Waals surface area contributed by atoms with Crippen LogP contribution in [-0.2, 0) is 4.74 Å². The topological polar surface area (TPSA) is 67.4 Å². The first kappa shape index (κ1) is 12.6. The van der Waals surface area contributed by atoms with Crippen molar-refractivity contribution in [2.75, 3.05) is 10.6 Å². The third-order valence-corrected chi connectivity index (χ3v) is 2.23. The Bertz CT molecular complexity index is 504. The van der Waals surface area contributed by atoms with Gasteiger partial charge in [0.05, 0.1) is 0 Å². The number of hydrogen-bond donors (Lipinski definition) is 2. The number of carbonyl (C=O) groups is 2. The number of hydrogen-bond acceptors (Lipinski definition) is 3. The Morgan fingerprint density at radius 1 is 0.684 bits per heavy atom. The first-order chi connectivity index (χ1) is 9.24. The van der Waals surface area contributed by atoms with Gasteiger partial charge in [-0.15, -0.1) is 0 Å². The number of amides is 2. The molecule has 0 aliphatic carbocycles. The Balaban J connectivity index is 1.84. The van der Waals surface area contributed by atoms with Gasteiger partial charge < -0.3 is 4.74 Å². The molecule has 0 fully saturated rings. The van der Waals surface area contributed by atoms with Gasteiger partial charge in [-0.1, -0.05) is 36.4 Å². The quantitative estimate of drug-likeness (QED) is 0.808. The van der Waals surface area contributed by atoms with Crippen molar-refractivity contribution in [2.24, 2.45) is 0 Å². The molecular weight excluding hydrogens is 244 g/mol. The Labute approximate surface area is 110 Å². The van der Waals surface area contributed by atoms with Gasteiger partial charge in [0.25, 0.3) is 0 Å². The molecule has 0 unspecified atom stereocenters.